The van der Waals surface area contributed by atoms with E-state index in [4.69, 9.17) is 0 Å². The fourth-order valence-electron chi connectivity index (χ4n) is 5.44. The van der Waals surface area contributed by atoms with Gasteiger partial charge in [-0.3, -0.25) is 0 Å². The maximum atomic E-state index is 2.44. The molecule has 0 aliphatic heterocycles. The highest BCUT2D eigenvalue weighted by Gasteiger charge is 2.28. The zero-order chi connectivity index (χ0) is 23.3. The molecule has 5 rings (SSSR count). The molecule has 4 aromatic rings. The van der Waals surface area contributed by atoms with Gasteiger partial charge in [-0.25, -0.2) is 4.57 Å². The van der Waals surface area contributed by atoms with Gasteiger partial charge in [-0.15, -0.1) is 0 Å². The van der Waals surface area contributed by atoms with Gasteiger partial charge in [-0.05, 0) is 82.7 Å². The Hall–Kier alpha value is -3.19. The lowest BCUT2D eigenvalue weighted by atomic mass is 9.85. The molecule has 0 spiro atoms. The SMILES string of the molecule is Cc1c[n+](C)c(-c2cc(-c3ccccc3)c3c(c2C)Cc2ccccc2-3)cc1CC(C)(C)C. The Morgan fingerprint density at radius 3 is 2.24 bits per heavy atom. The quantitative estimate of drug-likeness (QED) is 0.258. The molecule has 0 atom stereocenters. The van der Waals surface area contributed by atoms with Gasteiger partial charge in [0, 0.05) is 17.2 Å². The summed E-state index contributed by atoms with van der Waals surface area (Å²) in [5.41, 5.74) is 15.5. The van der Waals surface area contributed by atoms with Crippen molar-refractivity contribution in [1.82, 2.24) is 0 Å². The fraction of sp³-hybridized carbons (Fsp3) is 0.281. The Bertz CT molecular complexity index is 1350. The van der Waals surface area contributed by atoms with E-state index in [0.29, 0.717) is 0 Å². The summed E-state index contributed by atoms with van der Waals surface area (Å²) in [7, 11) is 2.19. The van der Waals surface area contributed by atoms with Crippen molar-refractivity contribution in [2.24, 2.45) is 12.5 Å². The molecular formula is C32H34N+. The second kappa shape index (κ2) is 7.99. The summed E-state index contributed by atoms with van der Waals surface area (Å²) in [5.74, 6) is 0. The van der Waals surface area contributed by atoms with Crippen LogP contribution in [0.4, 0.5) is 0 Å². The first-order chi connectivity index (χ1) is 15.7. The maximum absolute atomic E-state index is 2.44. The number of fused-ring (bicyclic) bond motifs is 3. The minimum atomic E-state index is 0.256. The molecule has 0 bridgehead atoms. The van der Waals surface area contributed by atoms with Crippen LogP contribution >= 0.6 is 0 Å². The summed E-state index contributed by atoms with van der Waals surface area (Å²) in [6.07, 6.45) is 4.39. The summed E-state index contributed by atoms with van der Waals surface area (Å²) < 4.78 is 2.31. The van der Waals surface area contributed by atoms with E-state index < -0.39 is 0 Å². The van der Waals surface area contributed by atoms with Crippen LogP contribution < -0.4 is 4.57 Å². The van der Waals surface area contributed by atoms with Gasteiger partial charge in [0.1, 0.15) is 7.05 Å². The summed E-state index contributed by atoms with van der Waals surface area (Å²) in [6.45, 7) is 11.5. The van der Waals surface area contributed by atoms with Gasteiger partial charge in [0.2, 0.25) is 5.69 Å². The van der Waals surface area contributed by atoms with Crippen LogP contribution in [0.5, 0.6) is 0 Å². The van der Waals surface area contributed by atoms with Crippen LogP contribution in [0.3, 0.4) is 0 Å². The molecule has 1 aliphatic carbocycles. The Kier molecular flexibility index (Phi) is 5.24. The lowest BCUT2D eigenvalue weighted by Crippen LogP contribution is -2.32. The highest BCUT2D eigenvalue weighted by atomic mass is 14.9. The van der Waals surface area contributed by atoms with Crippen LogP contribution in [-0.4, -0.2) is 0 Å². The Balaban J connectivity index is 1.78. The molecule has 33 heavy (non-hydrogen) atoms. The zero-order valence-electron chi connectivity index (χ0n) is 20.8. The summed E-state index contributed by atoms with van der Waals surface area (Å²) in [5, 5.41) is 0. The molecule has 166 valence electrons. The first-order valence-electron chi connectivity index (χ1n) is 12.0. The molecule has 0 fully saturated rings. The number of aromatic nitrogens is 1. The van der Waals surface area contributed by atoms with E-state index in [1.54, 1.807) is 0 Å². The van der Waals surface area contributed by atoms with E-state index >= 15 is 0 Å². The molecule has 0 saturated carbocycles. The Labute approximate surface area is 198 Å². The van der Waals surface area contributed by atoms with E-state index in [2.05, 4.69) is 119 Å². The van der Waals surface area contributed by atoms with Crippen molar-refractivity contribution in [3.63, 3.8) is 0 Å². The minimum Gasteiger partial charge on any atom is -0.201 e. The standard InChI is InChI=1S/C32H34N/c1-21-20-33(6)30(17-25(21)19-32(3,4)5)27-18-29(23-12-8-7-9-13-23)31-26-15-11-10-14-24(26)16-28(31)22(27)2/h7-15,17-18,20H,16,19H2,1-6H3/q+1. The van der Waals surface area contributed by atoms with Crippen molar-refractivity contribution < 1.29 is 4.57 Å². The predicted molar refractivity (Wildman–Crippen MR) is 139 cm³/mol. The van der Waals surface area contributed by atoms with Crippen LogP contribution in [0.1, 0.15) is 48.6 Å². The molecule has 0 N–H and O–H groups in total. The fourth-order valence-corrected chi connectivity index (χ4v) is 5.44. The molecule has 3 aromatic carbocycles. The molecular weight excluding hydrogens is 398 g/mol. The van der Waals surface area contributed by atoms with E-state index in [0.717, 1.165) is 12.8 Å². The molecule has 1 heterocycles. The van der Waals surface area contributed by atoms with Crippen LogP contribution in [0, 0.1) is 19.3 Å². The lowest BCUT2D eigenvalue weighted by Gasteiger charge is -2.20. The van der Waals surface area contributed by atoms with E-state index in [-0.39, 0.29) is 5.41 Å². The lowest BCUT2D eigenvalue weighted by molar-refractivity contribution is -0.660. The van der Waals surface area contributed by atoms with Crippen LogP contribution in [0.15, 0.2) is 72.9 Å². The number of aryl methyl sites for hydroxylation is 2. The average Bonchev–Trinajstić information content (AvgIpc) is 3.16. The number of benzene rings is 3. The third-order valence-corrected chi connectivity index (χ3v) is 7.04. The number of hydrogen-bond acceptors (Lipinski definition) is 0. The van der Waals surface area contributed by atoms with Crippen molar-refractivity contribution >= 4 is 0 Å². The van der Waals surface area contributed by atoms with Crippen molar-refractivity contribution in [3.05, 3.63) is 101 Å². The molecule has 1 heteroatoms. The summed E-state index contributed by atoms with van der Waals surface area (Å²) in [6, 6.07) is 24.7. The molecule has 0 amide bonds. The van der Waals surface area contributed by atoms with Gasteiger partial charge < -0.3 is 0 Å². The highest BCUT2D eigenvalue weighted by molar-refractivity contribution is 5.94. The van der Waals surface area contributed by atoms with E-state index in [9.17, 15) is 0 Å². The van der Waals surface area contributed by atoms with Gasteiger partial charge in [0.05, 0.1) is 0 Å². The van der Waals surface area contributed by atoms with Gasteiger partial charge in [-0.2, -0.15) is 0 Å². The third-order valence-electron chi connectivity index (χ3n) is 7.04. The summed E-state index contributed by atoms with van der Waals surface area (Å²) >= 11 is 0. The molecule has 1 aromatic heterocycles. The van der Waals surface area contributed by atoms with Crippen LogP contribution in [0.25, 0.3) is 33.5 Å². The monoisotopic (exact) mass is 432 g/mol. The van der Waals surface area contributed by atoms with Crippen molar-refractivity contribution in [1.29, 1.82) is 0 Å². The number of nitrogens with zero attached hydrogens (tertiary/aromatic N) is 1. The van der Waals surface area contributed by atoms with E-state index in [1.165, 1.54) is 61.3 Å². The average molecular weight is 433 g/mol. The second-order valence-electron chi connectivity index (χ2n) is 10.9. The third kappa shape index (κ3) is 3.91. The van der Waals surface area contributed by atoms with Crippen LogP contribution in [-0.2, 0) is 19.9 Å². The topological polar surface area (TPSA) is 3.88 Å². The highest BCUT2D eigenvalue weighted by Crippen LogP contribution is 2.47. The smallest absolute Gasteiger partial charge is 0.201 e. The molecule has 1 aliphatic rings. The Morgan fingerprint density at radius 1 is 0.818 bits per heavy atom. The van der Waals surface area contributed by atoms with Crippen molar-refractivity contribution in [2.45, 2.75) is 47.5 Å². The first-order valence-corrected chi connectivity index (χ1v) is 12.0. The van der Waals surface area contributed by atoms with Gasteiger partial charge in [0.15, 0.2) is 6.20 Å². The van der Waals surface area contributed by atoms with Gasteiger partial charge in [0.25, 0.3) is 0 Å². The summed E-state index contributed by atoms with van der Waals surface area (Å²) in [4.78, 5) is 0. The molecule has 0 unspecified atom stereocenters. The molecule has 1 nitrogen and oxygen atoms in total. The van der Waals surface area contributed by atoms with Gasteiger partial charge in [-0.1, -0.05) is 75.4 Å². The maximum Gasteiger partial charge on any atom is 0.212 e. The molecule has 0 radical (unpaired) electrons. The van der Waals surface area contributed by atoms with Gasteiger partial charge >= 0.3 is 0 Å². The van der Waals surface area contributed by atoms with E-state index in [1.807, 2.05) is 0 Å². The number of pyridine rings is 1. The normalized spacial score (nSPS) is 12.5. The predicted octanol–water partition coefficient (Wildman–Crippen LogP) is 7.62. The minimum absolute atomic E-state index is 0.256. The second-order valence-corrected chi connectivity index (χ2v) is 10.9. The largest absolute Gasteiger partial charge is 0.212 e. The first kappa shape index (κ1) is 21.6. The number of rotatable bonds is 3. The Morgan fingerprint density at radius 2 is 1.52 bits per heavy atom. The van der Waals surface area contributed by atoms with Crippen LogP contribution in [0.2, 0.25) is 0 Å². The van der Waals surface area contributed by atoms with Crippen molar-refractivity contribution in [2.75, 3.05) is 0 Å². The zero-order valence-corrected chi connectivity index (χ0v) is 20.8. The molecule has 0 saturated heterocycles. The number of hydrogen-bond donors (Lipinski definition) is 0. The van der Waals surface area contributed by atoms with Crippen molar-refractivity contribution in [3.8, 4) is 33.5 Å².